The molecule has 1 amide bonds. The zero-order valence-electron chi connectivity index (χ0n) is 15.0. The highest BCUT2D eigenvalue weighted by Gasteiger charge is 2.10. The second-order valence-corrected chi connectivity index (χ2v) is 5.43. The van der Waals surface area contributed by atoms with Crippen molar-refractivity contribution in [2.75, 3.05) is 6.54 Å². The molecule has 7 heteroatoms. The normalized spacial score (nSPS) is 10.8. The SMILES string of the molecule is C/C=C(/CN)c1cc(C(=O)NO)ncc1C.CCc1ccc(F)cc1F. The standard InChI is InChI=1S/C11H15N3O2.C8H8F2/c1-3-8(5-12)9-4-10(11(15)14-16)13-6-7(9)2;1-2-6-3-4-7(9)5-8(6)10/h3-4,6,16H,5,12H2,1-2H3,(H,14,15);3-5H,2H2,1H3/b8-3-;. The summed E-state index contributed by atoms with van der Waals surface area (Å²) in [5.74, 6) is -1.61. The lowest BCUT2D eigenvalue weighted by Crippen LogP contribution is -2.20. The van der Waals surface area contributed by atoms with E-state index in [2.05, 4.69) is 4.98 Å². The van der Waals surface area contributed by atoms with E-state index < -0.39 is 17.5 Å². The van der Waals surface area contributed by atoms with Gasteiger partial charge in [0.1, 0.15) is 17.3 Å². The van der Waals surface area contributed by atoms with Crippen molar-refractivity contribution in [1.82, 2.24) is 10.5 Å². The summed E-state index contributed by atoms with van der Waals surface area (Å²) in [7, 11) is 0. The molecule has 0 unspecified atom stereocenters. The van der Waals surface area contributed by atoms with Gasteiger partial charge < -0.3 is 5.73 Å². The van der Waals surface area contributed by atoms with Crippen molar-refractivity contribution in [2.24, 2.45) is 5.73 Å². The lowest BCUT2D eigenvalue weighted by atomic mass is 10.0. The van der Waals surface area contributed by atoms with Gasteiger partial charge >= 0.3 is 0 Å². The Labute approximate surface area is 151 Å². The van der Waals surface area contributed by atoms with E-state index in [1.807, 2.05) is 26.8 Å². The molecule has 140 valence electrons. The third-order valence-electron chi connectivity index (χ3n) is 3.75. The minimum atomic E-state index is -0.631. The highest BCUT2D eigenvalue weighted by molar-refractivity contribution is 5.92. The molecule has 0 aliphatic rings. The molecular weight excluding hydrogens is 340 g/mol. The molecule has 26 heavy (non-hydrogen) atoms. The number of aryl methyl sites for hydroxylation is 2. The number of carbonyl (C=O) groups excluding carboxylic acids is 1. The quantitative estimate of drug-likeness (QED) is 0.574. The summed E-state index contributed by atoms with van der Waals surface area (Å²) in [6, 6.07) is 5.24. The Hall–Kier alpha value is -2.64. The summed E-state index contributed by atoms with van der Waals surface area (Å²) in [6.07, 6.45) is 4.08. The number of nitrogens with zero attached hydrogens (tertiary/aromatic N) is 1. The number of hydrogen-bond acceptors (Lipinski definition) is 4. The maximum Gasteiger partial charge on any atom is 0.293 e. The molecule has 0 aliphatic carbocycles. The molecule has 0 aliphatic heterocycles. The van der Waals surface area contributed by atoms with E-state index in [0.717, 1.165) is 22.8 Å². The monoisotopic (exact) mass is 363 g/mol. The predicted molar refractivity (Wildman–Crippen MR) is 96.7 cm³/mol. The third-order valence-corrected chi connectivity index (χ3v) is 3.75. The van der Waals surface area contributed by atoms with Gasteiger partial charge in [0, 0.05) is 18.8 Å². The minimum absolute atomic E-state index is 0.163. The molecule has 1 heterocycles. The number of nitrogens with one attached hydrogen (secondary N) is 1. The maximum atomic E-state index is 12.6. The predicted octanol–water partition coefficient (Wildman–Crippen LogP) is 3.40. The Morgan fingerprint density at radius 1 is 1.35 bits per heavy atom. The van der Waals surface area contributed by atoms with Gasteiger partial charge in [-0.15, -0.1) is 0 Å². The van der Waals surface area contributed by atoms with Gasteiger partial charge in [-0.25, -0.2) is 14.3 Å². The Morgan fingerprint density at radius 3 is 2.54 bits per heavy atom. The second kappa shape index (κ2) is 10.4. The second-order valence-electron chi connectivity index (χ2n) is 5.43. The lowest BCUT2D eigenvalue weighted by molar-refractivity contribution is 0.0700. The Kier molecular flexibility index (Phi) is 8.54. The molecule has 2 rings (SSSR count). The minimum Gasteiger partial charge on any atom is -0.326 e. The number of aromatic nitrogens is 1. The van der Waals surface area contributed by atoms with E-state index >= 15 is 0 Å². The van der Waals surface area contributed by atoms with Crippen molar-refractivity contribution >= 4 is 11.5 Å². The first-order chi connectivity index (χ1) is 12.4. The fourth-order valence-electron chi connectivity index (χ4n) is 2.24. The van der Waals surface area contributed by atoms with Gasteiger partial charge in [-0.2, -0.15) is 0 Å². The Balaban J connectivity index is 0.000000289. The van der Waals surface area contributed by atoms with E-state index in [1.54, 1.807) is 17.7 Å². The van der Waals surface area contributed by atoms with Gasteiger partial charge in [0.2, 0.25) is 0 Å². The molecular formula is C19H23F2N3O2. The van der Waals surface area contributed by atoms with E-state index in [-0.39, 0.29) is 5.69 Å². The molecule has 1 aromatic carbocycles. The number of carbonyl (C=O) groups is 1. The van der Waals surface area contributed by atoms with Crippen molar-refractivity contribution in [1.29, 1.82) is 0 Å². The summed E-state index contributed by atoms with van der Waals surface area (Å²) in [4.78, 5) is 15.1. The van der Waals surface area contributed by atoms with Gasteiger partial charge in [-0.05, 0) is 54.7 Å². The van der Waals surface area contributed by atoms with E-state index in [1.165, 1.54) is 12.1 Å². The molecule has 5 nitrogen and oxygen atoms in total. The molecule has 0 spiro atoms. The van der Waals surface area contributed by atoms with E-state index in [0.29, 0.717) is 18.5 Å². The molecule has 0 saturated heterocycles. The van der Waals surface area contributed by atoms with Gasteiger partial charge in [0.25, 0.3) is 5.91 Å². The summed E-state index contributed by atoms with van der Waals surface area (Å²) in [5.41, 5.74) is 10.6. The number of benzene rings is 1. The van der Waals surface area contributed by atoms with Crippen LogP contribution in [0.25, 0.3) is 5.57 Å². The third kappa shape index (κ3) is 5.72. The van der Waals surface area contributed by atoms with Crippen LogP contribution in [0.15, 0.2) is 36.5 Å². The number of rotatable bonds is 4. The van der Waals surface area contributed by atoms with Gasteiger partial charge in [-0.3, -0.25) is 15.0 Å². The first kappa shape index (κ1) is 21.4. The van der Waals surface area contributed by atoms with Crippen LogP contribution in [0.2, 0.25) is 0 Å². The largest absolute Gasteiger partial charge is 0.326 e. The van der Waals surface area contributed by atoms with Crippen molar-refractivity contribution in [2.45, 2.75) is 27.2 Å². The highest BCUT2D eigenvalue weighted by Crippen LogP contribution is 2.18. The summed E-state index contributed by atoms with van der Waals surface area (Å²) in [5, 5.41) is 8.52. The Bertz CT molecular complexity index is 792. The molecule has 0 bridgehead atoms. The van der Waals surface area contributed by atoms with Crippen LogP contribution in [0.3, 0.4) is 0 Å². The number of nitrogens with two attached hydrogens (primary N) is 1. The van der Waals surface area contributed by atoms with Crippen LogP contribution in [0, 0.1) is 18.6 Å². The maximum absolute atomic E-state index is 12.6. The molecule has 4 N–H and O–H groups in total. The van der Waals surface area contributed by atoms with Gasteiger partial charge in [0.15, 0.2) is 0 Å². The molecule has 0 saturated carbocycles. The van der Waals surface area contributed by atoms with E-state index in [4.69, 9.17) is 10.9 Å². The van der Waals surface area contributed by atoms with Crippen molar-refractivity contribution in [3.8, 4) is 0 Å². The van der Waals surface area contributed by atoms with Gasteiger partial charge in [0.05, 0.1) is 0 Å². The van der Waals surface area contributed by atoms with Crippen LogP contribution in [0.1, 0.15) is 41.0 Å². The fraction of sp³-hybridized carbons (Fsp3) is 0.263. The van der Waals surface area contributed by atoms with Crippen molar-refractivity contribution < 1.29 is 18.8 Å². The Morgan fingerprint density at radius 2 is 2.04 bits per heavy atom. The number of amides is 1. The lowest BCUT2D eigenvalue weighted by Gasteiger charge is -2.09. The van der Waals surface area contributed by atoms with E-state index in [9.17, 15) is 13.6 Å². The van der Waals surface area contributed by atoms with Crippen molar-refractivity contribution in [3.05, 3.63) is 70.6 Å². The van der Waals surface area contributed by atoms with Crippen LogP contribution in [-0.4, -0.2) is 22.6 Å². The zero-order chi connectivity index (χ0) is 19.7. The number of hydrogen-bond donors (Lipinski definition) is 3. The average Bonchev–Trinajstić information content (AvgIpc) is 2.64. The van der Waals surface area contributed by atoms with Crippen molar-refractivity contribution in [3.63, 3.8) is 0 Å². The molecule has 0 radical (unpaired) electrons. The topological polar surface area (TPSA) is 88.2 Å². The molecule has 0 atom stereocenters. The van der Waals surface area contributed by atoms with Crippen LogP contribution in [0.5, 0.6) is 0 Å². The molecule has 1 aromatic heterocycles. The molecule has 0 fully saturated rings. The summed E-state index contributed by atoms with van der Waals surface area (Å²) < 4.78 is 24.9. The highest BCUT2D eigenvalue weighted by atomic mass is 19.1. The zero-order valence-corrected chi connectivity index (χ0v) is 15.0. The van der Waals surface area contributed by atoms with Crippen LogP contribution < -0.4 is 11.2 Å². The summed E-state index contributed by atoms with van der Waals surface area (Å²) in [6.45, 7) is 5.99. The fourth-order valence-corrected chi connectivity index (χ4v) is 2.24. The number of pyridine rings is 1. The van der Waals surface area contributed by atoms with Crippen LogP contribution in [0.4, 0.5) is 8.78 Å². The van der Waals surface area contributed by atoms with Gasteiger partial charge in [-0.1, -0.05) is 19.1 Å². The molecule has 2 aromatic rings. The first-order valence-electron chi connectivity index (χ1n) is 8.08. The number of hydroxylamine groups is 1. The summed E-state index contributed by atoms with van der Waals surface area (Å²) >= 11 is 0. The smallest absolute Gasteiger partial charge is 0.293 e. The van der Waals surface area contributed by atoms with Crippen LogP contribution in [-0.2, 0) is 6.42 Å². The first-order valence-corrected chi connectivity index (χ1v) is 8.08. The number of halogens is 2. The number of allylic oxidation sites excluding steroid dienone is 1. The average molecular weight is 363 g/mol. The van der Waals surface area contributed by atoms with Crippen LogP contribution >= 0.6 is 0 Å².